The number of aromatic nitrogens is 3. The van der Waals surface area contributed by atoms with Gasteiger partial charge in [0.15, 0.2) is 5.96 Å². The molecule has 0 saturated carbocycles. The second-order valence-electron chi connectivity index (χ2n) is 3.68. The highest BCUT2D eigenvalue weighted by molar-refractivity contribution is 5.79. The first kappa shape index (κ1) is 12.2. The largest absolute Gasteiger partial charge is 0.467 e. The molecular weight excluding hydrogens is 232 g/mol. The van der Waals surface area contributed by atoms with Gasteiger partial charge in [0, 0.05) is 14.1 Å². The molecule has 0 radical (unpaired) electrons. The molecule has 0 bridgehead atoms. The molecule has 0 aliphatic carbocycles. The van der Waals surface area contributed by atoms with Crippen LogP contribution in [0, 0.1) is 0 Å². The fourth-order valence-corrected chi connectivity index (χ4v) is 1.45. The van der Waals surface area contributed by atoms with Gasteiger partial charge in [0.05, 0.1) is 25.5 Å². The van der Waals surface area contributed by atoms with E-state index in [1.54, 1.807) is 26.6 Å². The third kappa shape index (κ3) is 3.34. The lowest BCUT2D eigenvalue weighted by molar-refractivity contribution is 0.501. The zero-order valence-electron chi connectivity index (χ0n) is 10.4. The van der Waals surface area contributed by atoms with Crippen molar-refractivity contribution in [3.63, 3.8) is 0 Å². The first-order chi connectivity index (χ1) is 8.78. The van der Waals surface area contributed by atoms with Crippen molar-refractivity contribution in [2.45, 2.75) is 13.1 Å². The van der Waals surface area contributed by atoms with Crippen molar-refractivity contribution >= 4 is 5.96 Å². The Labute approximate surface area is 105 Å². The van der Waals surface area contributed by atoms with E-state index in [0.717, 1.165) is 11.5 Å². The van der Waals surface area contributed by atoms with E-state index in [1.807, 2.05) is 12.1 Å². The van der Waals surface area contributed by atoms with Crippen molar-refractivity contribution in [3.05, 3.63) is 36.0 Å². The van der Waals surface area contributed by atoms with Gasteiger partial charge < -0.3 is 15.1 Å². The molecule has 18 heavy (non-hydrogen) atoms. The van der Waals surface area contributed by atoms with Crippen LogP contribution in [-0.4, -0.2) is 28.0 Å². The normalized spacial score (nSPS) is 11.6. The highest BCUT2D eigenvalue weighted by Crippen LogP contribution is 1.98. The standard InChI is InChI=1S/C11H16N6O/c1-12-11(14-8-10-4-3-5-18-10)13-6-9-7-15-17(2)16-9/h3-5,7H,6,8H2,1-2H3,(H2,12,13,14). The lowest BCUT2D eigenvalue weighted by atomic mass is 10.4. The molecule has 0 amide bonds. The van der Waals surface area contributed by atoms with Gasteiger partial charge in [0.2, 0.25) is 0 Å². The summed E-state index contributed by atoms with van der Waals surface area (Å²) in [4.78, 5) is 5.63. The van der Waals surface area contributed by atoms with Crippen LogP contribution in [0.1, 0.15) is 11.5 Å². The molecule has 0 aromatic carbocycles. The number of aliphatic imine (C=N–C) groups is 1. The molecule has 0 aliphatic rings. The fourth-order valence-electron chi connectivity index (χ4n) is 1.45. The maximum Gasteiger partial charge on any atom is 0.191 e. The monoisotopic (exact) mass is 248 g/mol. The minimum Gasteiger partial charge on any atom is -0.467 e. The fraction of sp³-hybridized carbons (Fsp3) is 0.364. The molecule has 0 fully saturated rings. The highest BCUT2D eigenvalue weighted by Gasteiger charge is 2.02. The van der Waals surface area contributed by atoms with Crippen LogP contribution in [0.25, 0.3) is 0 Å². The predicted octanol–water partition coefficient (Wildman–Crippen LogP) is 0.273. The number of nitrogens with one attached hydrogen (secondary N) is 2. The van der Waals surface area contributed by atoms with E-state index in [-0.39, 0.29) is 0 Å². The van der Waals surface area contributed by atoms with E-state index in [4.69, 9.17) is 4.42 Å². The van der Waals surface area contributed by atoms with Crippen LogP contribution >= 0.6 is 0 Å². The number of hydrogen-bond donors (Lipinski definition) is 2. The van der Waals surface area contributed by atoms with Gasteiger partial charge in [-0.15, -0.1) is 0 Å². The quantitative estimate of drug-likeness (QED) is 0.600. The number of furan rings is 1. The van der Waals surface area contributed by atoms with E-state index < -0.39 is 0 Å². The molecule has 2 heterocycles. The first-order valence-electron chi connectivity index (χ1n) is 5.60. The SMILES string of the molecule is CN=C(NCc1cnn(C)n1)NCc1ccco1. The molecule has 96 valence electrons. The molecule has 0 unspecified atom stereocenters. The Kier molecular flexibility index (Phi) is 3.95. The zero-order chi connectivity index (χ0) is 12.8. The molecule has 2 aromatic heterocycles. The van der Waals surface area contributed by atoms with E-state index in [0.29, 0.717) is 19.0 Å². The summed E-state index contributed by atoms with van der Waals surface area (Å²) >= 11 is 0. The molecule has 2 aromatic rings. The summed E-state index contributed by atoms with van der Waals surface area (Å²) in [7, 11) is 3.50. The van der Waals surface area contributed by atoms with Crippen molar-refractivity contribution in [1.82, 2.24) is 25.6 Å². The molecule has 7 nitrogen and oxygen atoms in total. The van der Waals surface area contributed by atoms with E-state index in [9.17, 15) is 0 Å². The van der Waals surface area contributed by atoms with Crippen molar-refractivity contribution in [2.75, 3.05) is 7.05 Å². The number of guanidine groups is 1. The van der Waals surface area contributed by atoms with Crippen LogP contribution in [0.2, 0.25) is 0 Å². The van der Waals surface area contributed by atoms with E-state index >= 15 is 0 Å². The summed E-state index contributed by atoms with van der Waals surface area (Å²) < 4.78 is 5.22. The zero-order valence-corrected chi connectivity index (χ0v) is 10.4. The molecule has 0 spiro atoms. The van der Waals surface area contributed by atoms with Gasteiger partial charge in [-0.3, -0.25) is 4.99 Å². The number of rotatable bonds is 4. The van der Waals surface area contributed by atoms with Crippen molar-refractivity contribution in [2.24, 2.45) is 12.0 Å². The summed E-state index contributed by atoms with van der Waals surface area (Å²) in [6, 6.07) is 3.76. The summed E-state index contributed by atoms with van der Waals surface area (Å²) in [5, 5.41) is 14.4. The summed E-state index contributed by atoms with van der Waals surface area (Å²) in [5.41, 5.74) is 0.860. The Morgan fingerprint density at radius 1 is 1.44 bits per heavy atom. The number of aryl methyl sites for hydroxylation is 1. The van der Waals surface area contributed by atoms with E-state index in [1.165, 1.54) is 4.80 Å². The maximum atomic E-state index is 5.22. The molecular formula is C11H16N6O. The van der Waals surface area contributed by atoms with Crippen molar-refractivity contribution in [1.29, 1.82) is 0 Å². The maximum absolute atomic E-state index is 5.22. The van der Waals surface area contributed by atoms with Crippen molar-refractivity contribution in [3.8, 4) is 0 Å². The highest BCUT2D eigenvalue weighted by atomic mass is 16.3. The van der Waals surface area contributed by atoms with Gasteiger partial charge in [-0.25, -0.2) is 0 Å². The third-order valence-corrected chi connectivity index (χ3v) is 2.32. The number of nitrogens with zero attached hydrogens (tertiary/aromatic N) is 4. The second-order valence-corrected chi connectivity index (χ2v) is 3.68. The Balaban J connectivity index is 1.79. The van der Waals surface area contributed by atoms with Crippen LogP contribution in [0.4, 0.5) is 0 Å². The first-order valence-corrected chi connectivity index (χ1v) is 5.60. The van der Waals surface area contributed by atoms with Crippen LogP contribution < -0.4 is 10.6 Å². The third-order valence-electron chi connectivity index (χ3n) is 2.32. The number of hydrogen-bond acceptors (Lipinski definition) is 4. The Morgan fingerprint density at radius 2 is 2.28 bits per heavy atom. The molecule has 0 saturated heterocycles. The molecule has 2 rings (SSSR count). The molecule has 0 atom stereocenters. The lowest BCUT2D eigenvalue weighted by Crippen LogP contribution is -2.36. The Bertz CT molecular complexity index is 501. The Morgan fingerprint density at radius 3 is 2.89 bits per heavy atom. The predicted molar refractivity (Wildman–Crippen MR) is 66.7 cm³/mol. The summed E-state index contributed by atoms with van der Waals surface area (Å²) in [6.45, 7) is 1.17. The second kappa shape index (κ2) is 5.85. The average molecular weight is 248 g/mol. The smallest absolute Gasteiger partial charge is 0.191 e. The van der Waals surface area contributed by atoms with Crippen molar-refractivity contribution < 1.29 is 4.42 Å². The van der Waals surface area contributed by atoms with Gasteiger partial charge in [-0.05, 0) is 12.1 Å². The van der Waals surface area contributed by atoms with Crippen LogP contribution in [-0.2, 0) is 20.1 Å². The lowest BCUT2D eigenvalue weighted by Gasteiger charge is -2.09. The Hall–Kier alpha value is -2.31. The minimum absolute atomic E-state index is 0.575. The van der Waals surface area contributed by atoms with Gasteiger partial charge in [-0.1, -0.05) is 0 Å². The van der Waals surface area contributed by atoms with Gasteiger partial charge in [0.1, 0.15) is 11.5 Å². The van der Waals surface area contributed by atoms with Gasteiger partial charge >= 0.3 is 0 Å². The van der Waals surface area contributed by atoms with Crippen LogP contribution in [0.15, 0.2) is 34.0 Å². The average Bonchev–Trinajstić information content (AvgIpc) is 3.01. The van der Waals surface area contributed by atoms with E-state index in [2.05, 4.69) is 25.8 Å². The molecule has 0 aliphatic heterocycles. The van der Waals surface area contributed by atoms with Gasteiger partial charge in [-0.2, -0.15) is 15.0 Å². The topological polar surface area (TPSA) is 80.3 Å². The molecule has 2 N–H and O–H groups in total. The van der Waals surface area contributed by atoms with Crippen LogP contribution in [0.5, 0.6) is 0 Å². The summed E-state index contributed by atoms with van der Waals surface area (Å²) in [5.74, 6) is 1.55. The van der Waals surface area contributed by atoms with Crippen LogP contribution in [0.3, 0.4) is 0 Å². The van der Waals surface area contributed by atoms with Gasteiger partial charge in [0.25, 0.3) is 0 Å². The summed E-state index contributed by atoms with van der Waals surface area (Å²) in [6.07, 6.45) is 3.36. The molecule has 7 heteroatoms. The minimum atomic E-state index is 0.575.